The summed E-state index contributed by atoms with van der Waals surface area (Å²) >= 11 is 1.73. The lowest BCUT2D eigenvalue weighted by Crippen LogP contribution is -2.36. The summed E-state index contributed by atoms with van der Waals surface area (Å²) in [5.74, 6) is 0.867. The zero-order valence-corrected chi connectivity index (χ0v) is 12.9. The SMILES string of the molecule is CN(C)C(CNc1ncc(-c2ccccc2)s1)C1CC1. The number of nitrogens with zero attached hydrogens (tertiary/aromatic N) is 2. The van der Waals surface area contributed by atoms with Gasteiger partial charge in [-0.2, -0.15) is 0 Å². The number of benzene rings is 1. The molecule has 1 heterocycles. The Morgan fingerprint density at radius 3 is 2.70 bits per heavy atom. The van der Waals surface area contributed by atoms with E-state index in [0.717, 1.165) is 17.6 Å². The molecular weight excluding hydrogens is 266 g/mol. The van der Waals surface area contributed by atoms with Gasteiger partial charge in [0, 0.05) is 18.8 Å². The van der Waals surface area contributed by atoms with Crippen LogP contribution < -0.4 is 5.32 Å². The Hall–Kier alpha value is -1.39. The Balaban J connectivity index is 1.62. The summed E-state index contributed by atoms with van der Waals surface area (Å²) in [6.45, 7) is 0.986. The molecule has 1 saturated carbocycles. The number of anilines is 1. The highest BCUT2D eigenvalue weighted by Gasteiger charge is 2.32. The summed E-state index contributed by atoms with van der Waals surface area (Å²) in [6, 6.07) is 11.1. The van der Waals surface area contributed by atoms with Crippen molar-refractivity contribution in [1.29, 1.82) is 0 Å². The van der Waals surface area contributed by atoms with Crippen LogP contribution in [0.2, 0.25) is 0 Å². The largest absolute Gasteiger partial charge is 0.360 e. The van der Waals surface area contributed by atoms with Crippen LogP contribution in [0.5, 0.6) is 0 Å². The molecule has 0 saturated heterocycles. The van der Waals surface area contributed by atoms with Gasteiger partial charge < -0.3 is 10.2 Å². The zero-order chi connectivity index (χ0) is 13.9. The number of thiazole rings is 1. The summed E-state index contributed by atoms with van der Waals surface area (Å²) in [5.41, 5.74) is 1.24. The van der Waals surface area contributed by atoms with Crippen LogP contribution in [0.1, 0.15) is 12.8 Å². The number of aromatic nitrogens is 1. The van der Waals surface area contributed by atoms with Gasteiger partial charge in [0.1, 0.15) is 0 Å². The first-order chi connectivity index (χ1) is 9.74. The minimum absolute atomic E-state index is 0.624. The van der Waals surface area contributed by atoms with Crippen LogP contribution in [0.15, 0.2) is 36.5 Å². The molecule has 1 aromatic heterocycles. The molecule has 106 valence electrons. The van der Waals surface area contributed by atoms with E-state index >= 15 is 0 Å². The monoisotopic (exact) mass is 287 g/mol. The molecule has 0 amide bonds. The molecule has 20 heavy (non-hydrogen) atoms. The third-order valence-electron chi connectivity index (χ3n) is 3.86. The summed E-state index contributed by atoms with van der Waals surface area (Å²) < 4.78 is 0. The fourth-order valence-electron chi connectivity index (χ4n) is 2.54. The van der Waals surface area contributed by atoms with Gasteiger partial charge in [0.05, 0.1) is 4.88 Å². The summed E-state index contributed by atoms with van der Waals surface area (Å²) in [6.07, 6.45) is 4.71. The van der Waals surface area contributed by atoms with E-state index in [1.165, 1.54) is 23.3 Å². The molecule has 1 N–H and O–H groups in total. The van der Waals surface area contributed by atoms with Crippen molar-refractivity contribution >= 4 is 16.5 Å². The Morgan fingerprint density at radius 1 is 1.30 bits per heavy atom. The summed E-state index contributed by atoms with van der Waals surface area (Å²) in [4.78, 5) is 8.05. The molecule has 1 aliphatic rings. The van der Waals surface area contributed by atoms with Crippen LogP contribution in [0.3, 0.4) is 0 Å². The second kappa shape index (κ2) is 5.94. The van der Waals surface area contributed by atoms with Crippen molar-refractivity contribution in [2.45, 2.75) is 18.9 Å². The average molecular weight is 287 g/mol. The van der Waals surface area contributed by atoms with E-state index in [4.69, 9.17) is 0 Å². The molecule has 1 aromatic carbocycles. The summed E-state index contributed by atoms with van der Waals surface area (Å²) in [5, 5.41) is 4.53. The van der Waals surface area contributed by atoms with Crippen molar-refractivity contribution in [3.8, 4) is 10.4 Å². The molecule has 3 rings (SSSR count). The lowest BCUT2D eigenvalue weighted by molar-refractivity contribution is 0.276. The van der Waals surface area contributed by atoms with Gasteiger partial charge in [-0.1, -0.05) is 41.7 Å². The van der Waals surface area contributed by atoms with E-state index in [9.17, 15) is 0 Å². The topological polar surface area (TPSA) is 28.2 Å². The number of hydrogen-bond acceptors (Lipinski definition) is 4. The molecule has 0 spiro atoms. The normalized spacial score (nSPS) is 16.4. The maximum Gasteiger partial charge on any atom is 0.183 e. The molecule has 2 aromatic rings. The highest BCUT2D eigenvalue weighted by atomic mass is 32.1. The van der Waals surface area contributed by atoms with E-state index in [-0.39, 0.29) is 0 Å². The Bertz CT molecular complexity index is 544. The van der Waals surface area contributed by atoms with E-state index in [0.29, 0.717) is 6.04 Å². The Labute approximate surface area is 124 Å². The average Bonchev–Trinajstić information content (AvgIpc) is 3.17. The van der Waals surface area contributed by atoms with Crippen molar-refractivity contribution in [3.05, 3.63) is 36.5 Å². The van der Waals surface area contributed by atoms with Crippen LogP contribution in [0, 0.1) is 5.92 Å². The maximum atomic E-state index is 4.49. The Kier molecular flexibility index (Phi) is 4.03. The lowest BCUT2D eigenvalue weighted by atomic mass is 10.1. The lowest BCUT2D eigenvalue weighted by Gasteiger charge is -2.24. The van der Waals surface area contributed by atoms with Crippen molar-refractivity contribution in [1.82, 2.24) is 9.88 Å². The molecule has 0 radical (unpaired) electrons. The minimum atomic E-state index is 0.624. The third kappa shape index (κ3) is 3.19. The van der Waals surface area contributed by atoms with Crippen molar-refractivity contribution in [2.24, 2.45) is 5.92 Å². The van der Waals surface area contributed by atoms with E-state index in [2.05, 4.69) is 53.6 Å². The van der Waals surface area contributed by atoms with Gasteiger partial charge in [-0.3, -0.25) is 0 Å². The second-order valence-electron chi connectivity index (χ2n) is 5.64. The molecule has 1 atom stereocenters. The number of nitrogens with one attached hydrogen (secondary N) is 1. The van der Waals surface area contributed by atoms with Gasteiger partial charge in [-0.05, 0) is 38.4 Å². The Morgan fingerprint density at radius 2 is 2.05 bits per heavy atom. The molecule has 3 nitrogen and oxygen atoms in total. The van der Waals surface area contributed by atoms with Gasteiger partial charge in [-0.25, -0.2) is 4.98 Å². The molecule has 0 aliphatic heterocycles. The second-order valence-corrected chi connectivity index (χ2v) is 6.68. The van der Waals surface area contributed by atoms with E-state index < -0.39 is 0 Å². The predicted molar refractivity (Wildman–Crippen MR) is 86.2 cm³/mol. The van der Waals surface area contributed by atoms with Crippen molar-refractivity contribution in [3.63, 3.8) is 0 Å². The molecule has 4 heteroatoms. The highest BCUT2D eigenvalue weighted by Crippen LogP contribution is 2.35. The van der Waals surface area contributed by atoms with Gasteiger partial charge in [0.2, 0.25) is 0 Å². The molecule has 1 aliphatic carbocycles. The first kappa shape index (κ1) is 13.6. The molecule has 1 unspecified atom stereocenters. The summed E-state index contributed by atoms with van der Waals surface area (Å²) in [7, 11) is 4.34. The van der Waals surface area contributed by atoms with Crippen LogP contribution in [0.4, 0.5) is 5.13 Å². The smallest absolute Gasteiger partial charge is 0.183 e. The molecule has 0 bridgehead atoms. The third-order valence-corrected chi connectivity index (χ3v) is 4.86. The fourth-order valence-corrected chi connectivity index (χ4v) is 3.36. The number of rotatable bonds is 6. The van der Waals surface area contributed by atoms with E-state index in [1.807, 2.05) is 12.3 Å². The minimum Gasteiger partial charge on any atom is -0.360 e. The first-order valence-electron chi connectivity index (χ1n) is 7.15. The quantitative estimate of drug-likeness (QED) is 0.880. The van der Waals surface area contributed by atoms with Crippen LogP contribution >= 0.6 is 11.3 Å². The molecule has 1 fully saturated rings. The van der Waals surface area contributed by atoms with E-state index in [1.54, 1.807) is 11.3 Å². The first-order valence-corrected chi connectivity index (χ1v) is 7.97. The number of hydrogen-bond donors (Lipinski definition) is 1. The van der Waals surface area contributed by atoms with Crippen molar-refractivity contribution in [2.75, 3.05) is 26.0 Å². The van der Waals surface area contributed by atoms with Crippen LogP contribution in [0.25, 0.3) is 10.4 Å². The van der Waals surface area contributed by atoms with Crippen LogP contribution in [-0.2, 0) is 0 Å². The highest BCUT2D eigenvalue weighted by molar-refractivity contribution is 7.18. The molecular formula is C16H21N3S. The van der Waals surface area contributed by atoms with Gasteiger partial charge >= 0.3 is 0 Å². The van der Waals surface area contributed by atoms with Gasteiger partial charge in [0.15, 0.2) is 5.13 Å². The van der Waals surface area contributed by atoms with Crippen LogP contribution in [-0.4, -0.2) is 36.6 Å². The standard InChI is InChI=1S/C16H21N3S/c1-19(2)14(12-8-9-12)10-17-16-18-11-15(20-16)13-6-4-3-5-7-13/h3-7,11-12,14H,8-10H2,1-2H3,(H,17,18). The van der Waals surface area contributed by atoms with Gasteiger partial charge in [0.25, 0.3) is 0 Å². The van der Waals surface area contributed by atoms with Crippen molar-refractivity contribution < 1.29 is 0 Å². The predicted octanol–water partition coefficient (Wildman–Crippen LogP) is 3.56. The number of likely N-dealkylation sites (N-methyl/N-ethyl adjacent to an activating group) is 1. The zero-order valence-electron chi connectivity index (χ0n) is 12.0. The van der Waals surface area contributed by atoms with Gasteiger partial charge in [-0.15, -0.1) is 0 Å². The fraction of sp³-hybridized carbons (Fsp3) is 0.438. The maximum absolute atomic E-state index is 4.49.